The van der Waals surface area contributed by atoms with Crippen molar-refractivity contribution in [2.45, 2.75) is 0 Å². The number of rotatable bonds is 6. The molecule has 0 saturated heterocycles. The van der Waals surface area contributed by atoms with E-state index in [-0.39, 0.29) is 0 Å². The Morgan fingerprint density at radius 1 is 0.186 bits per heavy atom. The van der Waals surface area contributed by atoms with Gasteiger partial charge in [-0.1, -0.05) is 164 Å². The molecule has 15 aromatic rings. The molecule has 70 heavy (non-hydrogen) atoms. The van der Waals surface area contributed by atoms with Crippen molar-refractivity contribution in [1.82, 2.24) is 18.3 Å². The van der Waals surface area contributed by atoms with Crippen molar-refractivity contribution in [3.05, 3.63) is 255 Å². The maximum Gasteiger partial charge on any atom is 0.0641 e. The highest BCUT2D eigenvalue weighted by atomic mass is 15.0. The lowest BCUT2D eigenvalue weighted by molar-refractivity contribution is 1.17. The van der Waals surface area contributed by atoms with E-state index < -0.39 is 0 Å². The zero-order chi connectivity index (χ0) is 45.9. The van der Waals surface area contributed by atoms with Gasteiger partial charge in [0.25, 0.3) is 0 Å². The van der Waals surface area contributed by atoms with Gasteiger partial charge in [0.05, 0.1) is 44.1 Å². The average Bonchev–Trinajstić information content (AvgIpc) is 4.17. The summed E-state index contributed by atoms with van der Waals surface area (Å²) in [5.41, 5.74) is 19.0. The van der Waals surface area contributed by atoms with Crippen LogP contribution in [0.25, 0.3) is 132 Å². The quantitative estimate of drug-likeness (QED) is 0.158. The summed E-state index contributed by atoms with van der Waals surface area (Å²) >= 11 is 0. The first-order chi connectivity index (χ1) is 34.8. The predicted molar refractivity (Wildman–Crippen MR) is 295 cm³/mol. The van der Waals surface area contributed by atoms with Crippen LogP contribution < -0.4 is 0 Å². The standard InChI is InChI=1S/C66H42N4/c1-3-17-45(18-4-1)67-57-28-12-8-22-53(57)63-49(25-15-31-60(63)67)43-33-37-47(38-34-43)69-59-30-14-10-24-55(59)65-62(69)42-41-52-51-21-7-11-27-56(51)70(66(52)65)48-39-35-44(36-40-48)50-26-16-32-61-64(50)54-23-9-13-29-58(54)68(61)46-19-5-2-6-20-46/h1-42H. The summed E-state index contributed by atoms with van der Waals surface area (Å²) in [4.78, 5) is 0. The summed E-state index contributed by atoms with van der Waals surface area (Å²) in [6.45, 7) is 0. The molecule has 0 aliphatic rings. The van der Waals surface area contributed by atoms with Gasteiger partial charge in [-0.05, 0) is 113 Å². The molecule has 15 rings (SSSR count). The van der Waals surface area contributed by atoms with Gasteiger partial charge in [-0.2, -0.15) is 0 Å². The normalized spacial score (nSPS) is 12.0. The summed E-state index contributed by atoms with van der Waals surface area (Å²) in [6, 6.07) is 93.3. The summed E-state index contributed by atoms with van der Waals surface area (Å²) in [6.07, 6.45) is 0. The molecule has 0 fully saturated rings. The number of nitrogens with zero attached hydrogens (tertiary/aromatic N) is 4. The number of para-hydroxylation sites is 6. The summed E-state index contributed by atoms with van der Waals surface area (Å²) < 4.78 is 9.73. The fourth-order valence-electron chi connectivity index (χ4n) is 11.9. The Bertz CT molecular complexity index is 4550. The maximum atomic E-state index is 2.49. The molecular formula is C66H42N4. The van der Waals surface area contributed by atoms with Gasteiger partial charge in [0.15, 0.2) is 0 Å². The topological polar surface area (TPSA) is 19.7 Å². The van der Waals surface area contributed by atoms with Crippen LogP contribution >= 0.6 is 0 Å². The molecule has 0 spiro atoms. The van der Waals surface area contributed by atoms with Crippen LogP contribution in [0.5, 0.6) is 0 Å². The van der Waals surface area contributed by atoms with Gasteiger partial charge < -0.3 is 18.3 Å². The molecule has 0 atom stereocenters. The third-order valence-electron chi connectivity index (χ3n) is 14.8. The van der Waals surface area contributed by atoms with E-state index in [1.54, 1.807) is 0 Å². The van der Waals surface area contributed by atoms with Crippen LogP contribution in [0.15, 0.2) is 255 Å². The maximum absolute atomic E-state index is 2.49. The number of fused-ring (bicyclic) bond motifs is 13. The van der Waals surface area contributed by atoms with Gasteiger partial charge in [-0.15, -0.1) is 0 Å². The number of aromatic nitrogens is 4. The third kappa shape index (κ3) is 5.53. The molecule has 326 valence electrons. The van der Waals surface area contributed by atoms with Gasteiger partial charge in [0.2, 0.25) is 0 Å². The molecule has 0 bridgehead atoms. The fourth-order valence-corrected chi connectivity index (χ4v) is 11.9. The molecule has 0 aliphatic carbocycles. The molecule has 11 aromatic carbocycles. The average molecular weight is 891 g/mol. The minimum atomic E-state index is 1.13. The Kier molecular flexibility index (Phi) is 8.33. The van der Waals surface area contributed by atoms with Crippen molar-refractivity contribution in [3.63, 3.8) is 0 Å². The van der Waals surface area contributed by atoms with Crippen molar-refractivity contribution in [2.24, 2.45) is 0 Å². The Balaban J connectivity index is 0.892. The molecule has 4 heteroatoms. The Morgan fingerprint density at radius 3 is 1.00 bits per heavy atom. The van der Waals surface area contributed by atoms with E-state index in [1.807, 2.05) is 0 Å². The summed E-state index contributed by atoms with van der Waals surface area (Å²) in [5.74, 6) is 0. The van der Waals surface area contributed by atoms with E-state index in [4.69, 9.17) is 0 Å². The molecule has 4 aromatic heterocycles. The Morgan fingerprint density at radius 2 is 0.529 bits per heavy atom. The largest absolute Gasteiger partial charge is 0.309 e. The van der Waals surface area contributed by atoms with E-state index in [9.17, 15) is 0 Å². The fraction of sp³-hybridized carbons (Fsp3) is 0. The van der Waals surface area contributed by atoms with Crippen LogP contribution in [0.1, 0.15) is 0 Å². The van der Waals surface area contributed by atoms with Gasteiger partial charge in [0.1, 0.15) is 0 Å². The second kappa shape index (κ2) is 15.1. The lowest BCUT2D eigenvalue weighted by Crippen LogP contribution is -1.96. The Hall–Kier alpha value is -9.38. The van der Waals surface area contributed by atoms with Crippen molar-refractivity contribution in [3.8, 4) is 45.0 Å². The molecule has 0 aliphatic heterocycles. The van der Waals surface area contributed by atoms with E-state index >= 15 is 0 Å². The van der Waals surface area contributed by atoms with E-state index in [0.717, 1.165) is 22.7 Å². The first-order valence-electron chi connectivity index (χ1n) is 24.1. The Labute approximate surface area is 403 Å². The molecule has 0 N–H and O–H groups in total. The number of hydrogen-bond acceptors (Lipinski definition) is 0. The van der Waals surface area contributed by atoms with Crippen molar-refractivity contribution >= 4 is 87.2 Å². The molecule has 0 unspecified atom stereocenters. The smallest absolute Gasteiger partial charge is 0.0641 e. The molecule has 0 saturated carbocycles. The first-order valence-corrected chi connectivity index (χ1v) is 24.1. The highest BCUT2D eigenvalue weighted by molar-refractivity contribution is 6.26. The van der Waals surface area contributed by atoms with Gasteiger partial charge in [-0.3, -0.25) is 0 Å². The number of benzene rings is 11. The van der Waals surface area contributed by atoms with Crippen LogP contribution in [-0.4, -0.2) is 18.3 Å². The zero-order valence-corrected chi connectivity index (χ0v) is 38.0. The third-order valence-corrected chi connectivity index (χ3v) is 14.8. The minimum Gasteiger partial charge on any atom is -0.309 e. The van der Waals surface area contributed by atoms with Crippen molar-refractivity contribution < 1.29 is 0 Å². The molecule has 0 radical (unpaired) electrons. The lowest BCUT2D eigenvalue weighted by atomic mass is 9.99. The zero-order valence-electron chi connectivity index (χ0n) is 38.0. The van der Waals surface area contributed by atoms with E-state index in [2.05, 4.69) is 273 Å². The second-order valence-electron chi connectivity index (χ2n) is 18.4. The van der Waals surface area contributed by atoms with Gasteiger partial charge >= 0.3 is 0 Å². The molecule has 4 nitrogen and oxygen atoms in total. The minimum absolute atomic E-state index is 1.13. The van der Waals surface area contributed by atoms with Crippen molar-refractivity contribution in [1.29, 1.82) is 0 Å². The van der Waals surface area contributed by atoms with E-state index in [0.29, 0.717) is 0 Å². The second-order valence-corrected chi connectivity index (χ2v) is 18.4. The molecule has 0 amide bonds. The molecule has 4 heterocycles. The van der Waals surface area contributed by atoms with Gasteiger partial charge in [-0.25, -0.2) is 0 Å². The monoisotopic (exact) mass is 890 g/mol. The molecular weight excluding hydrogens is 849 g/mol. The van der Waals surface area contributed by atoms with E-state index in [1.165, 1.54) is 109 Å². The lowest BCUT2D eigenvalue weighted by Gasteiger charge is -2.12. The van der Waals surface area contributed by atoms with Gasteiger partial charge in [0, 0.05) is 65.8 Å². The number of hydrogen-bond donors (Lipinski definition) is 0. The predicted octanol–water partition coefficient (Wildman–Crippen LogP) is 17.4. The summed E-state index contributed by atoms with van der Waals surface area (Å²) in [5, 5.41) is 9.99. The van der Waals surface area contributed by atoms with Crippen LogP contribution in [0.3, 0.4) is 0 Å². The van der Waals surface area contributed by atoms with Crippen LogP contribution in [-0.2, 0) is 0 Å². The SMILES string of the molecule is c1ccc(-n2c3ccccc3c3c(-c4ccc(-n5c6ccccc6c6c5ccc5c7ccccc7n(-c7ccc(-c8cccc9c8c8ccccc8n9-c8ccccc8)cc7)c56)cc4)cccc32)cc1. The van der Waals surface area contributed by atoms with Crippen LogP contribution in [0.2, 0.25) is 0 Å². The highest BCUT2D eigenvalue weighted by Crippen LogP contribution is 2.44. The van der Waals surface area contributed by atoms with Crippen LogP contribution in [0.4, 0.5) is 0 Å². The van der Waals surface area contributed by atoms with Crippen molar-refractivity contribution in [2.75, 3.05) is 0 Å². The van der Waals surface area contributed by atoms with Crippen LogP contribution in [0, 0.1) is 0 Å². The highest BCUT2D eigenvalue weighted by Gasteiger charge is 2.22. The first kappa shape index (κ1) is 38.7. The summed E-state index contributed by atoms with van der Waals surface area (Å²) in [7, 11) is 0.